The van der Waals surface area contributed by atoms with Crippen LogP contribution in [0.4, 0.5) is 13.2 Å². The van der Waals surface area contributed by atoms with Crippen LogP contribution in [0.15, 0.2) is 24.5 Å². The minimum Gasteiger partial charge on any atom is -0.375 e. The van der Waals surface area contributed by atoms with Gasteiger partial charge < -0.3 is 4.74 Å². The molecule has 0 aliphatic carbocycles. The lowest BCUT2D eigenvalue weighted by atomic mass is 10.0. The lowest BCUT2D eigenvalue weighted by Gasteiger charge is -2.16. The number of Topliss-reactive ketones (excluding diaryl/α,β-unsaturated/α-hetero) is 1. The topological polar surface area (TPSA) is 86.7 Å². The number of rotatable bonds is 6. The van der Waals surface area contributed by atoms with E-state index in [0.717, 1.165) is 4.52 Å². The highest BCUT2D eigenvalue weighted by Crippen LogP contribution is 2.29. The summed E-state index contributed by atoms with van der Waals surface area (Å²) in [7, 11) is 1.53. The molecule has 0 aliphatic heterocycles. The van der Waals surface area contributed by atoms with Gasteiger partial charge in [-0.25, -0.2) is 19.0 Å². The number of methoxy groups -OCH3 is 1. The standard InChI is InChI=1S/C19H15Cl2F3N6O2/c1-9(32-2)16-11(7-25-15-6-14(21)27-30(15)16)5-12(31)3-10-4-13(20)17-26-18(19(22,23)24)28-29(17)8-10/h4,6-9H,3,5H2,1-2H3/t9-/m0/s1. The molecule has 0 spiro atoms. The SMILES string of the molecule is CO[C@@H](C)c1c(CC(=O)Cc2cc(Cl)c3nc(C(F)(F)F)nn3c2)cnc2cc(Cl)nn12. The van der Waals surface area contributed by atoms with Gasteiger partial charge in [-0.2, -0.15) is 18.3 Å². The summed E-state index contributed by atoms with van der Waals surface area (Å²) in [5, 5.41) is 7.83. The molecule has 4 aromatic heterocycles. The van der Waals surface area contributed by atoms with Gasteiger partial charge in [0.05, 0.1) is 16.8 Å². The molecule has 0 radical (unpaired) electrons. The fourth-order valence-electron chi connectivity index (χ4n) is 3.36. The number of alkyl halides is 3. The highest BCUT2D eigenvalue weighted by atomic mass is 35.5. The maximum atomic E-state index is 12.9. The van der Waals surface area contributed by atoms with E-state index in [2.05, 4.69) is 20.2 Å². The lowest BCUT2D eigenvalue weighted by Crippen LogP contribution is -2.15. The normalized spacial score (nSPS) is 13.2. The van der Waals surface area contributed by atoms with Crippen molar-refractivity contribution >= 4 is 40.3 Å². The third-order valence-electron chi connectivity index (χ3n) is 4.80. The summed E-state index contributed by atoms with van der Waals surface area (Å²) in [6.07, 6.45) is -2.35. The summed E-state index contributed by atoms with van der Waals surface area (Å²) in [6, 6.07) is 2.99. The van der Waals surface area contributed by atoms with Crippen molar-refractivity contribution in [3.63, 3.8) is 0 Å². The number of hydrogen-bond acceptors (Lipinski definition) is 6. The fourth-order valence-corrected chi connectivity index (χ4v) is 3.80. The zero-order valence-corrected chi connectivity index (χ0v) is 18.2. The summed E-state index contributed by atoms with van der Waals surface area (Å²) in [5.74, 6) is -1.53. The van der Waals surface area contributed by atoms with Crippen molar-refractivity contribution in [2.24, 2.45) is 0 Å². The van der Waals surface area contributed by atoms with E-state index in [1.165, 1.54) is 23.9 Å². The molecule has 0 saturated carbocycles. The maximum absolute atomic E-state index is 12.9. The highest BCUT2D eigenvalue weighted by Gasteiger charge is 2.36. The van der Waals surface area contributed by atoms with Crippen LogP contribution in [0.25, 0.3) is 11.3 Å². The second kappa shape index (κ2) is 8.30. The Morgan fingerprint density at radius 2 is 1.97 bits per heavy atom. The zero-order valence-electron chi connectivity index (χ0n) is 16.7. The van der Waals surface area contributed by atoms with Gasteiger partial charge in [0.15, 0.2) is 16.4 Å². The van der Waals surface area contributed by atoms with Gasteiger partial charge >= 0.3 is 6.18 Å². The van der Waals surface area contributed by atoms with Gasteiger partial charge in [0.1, 0.15) is 5.78 Å². The van der Waals surface area contributed by atoms with Crippen molar-refractivity contribution < 1.29 is 22.7 Å². The largest absolute Gasteiger partial charge is 0.453 e. The van der Waals surface area contributed by atoms with Gasteiger partial charge in [-0.1, -0.05) is 23.2 Å². The van der Waals surface area contributed by atoms with E-state index in [1.807, 2.05) is 0 Å². The lowest BCUT2D eigenvalue weighted by molar-refractivity contribution is -0.144. The van der Waals surface area contributed by atoms with Gasteiger partial charge in [0.25, 0.3) is 5.82 Å². The molecule has 32 heavy (non-hydrogen) atoms. The molecule has 0 N–H and O–H groups in total. The van der Waals surface area contributed by atoms with Gasteiger partial charge in [0.2, 0.25) is 0 Å². The van der Waals surface area contributed by atoms with Crippen molar-refractivity contribution in [3.05, 3.63) is 57.3 Å². The molecule has 4 heterocycles. The Kier molecular flexibility index (Phi) is 5.82. The summed E-state index contributed by atoms with van der Waals surface area (Å²) < 4.78 is 46.5. The number of carbonyl (C=O) groups is 1. The second-order valence-electron chi connectivity index (χ2n) is 7.07. The number of hydrogen-bond donors (Lipinski definition) is 0. The van der Waals surface area contributed by atoms with E-state index in [-0.39, 0.29) is 34.4 Å². The van der Waals surface area contributed by atoms with E-state index in [9.17, 15) is 18.0 Å². The number of ketones is 1. The van der Waals surface area contributed by atoms with Gasteiger partial charge in [-0.3, -0.25) is 4.79 Å². The number of ether oxygens (including phenoxy) is 1. The maximum Gasteiger partial charge on any atom is 0.453 e. The molecule has 0 aromatic carbocycles. The summed E-state index contributed by atoms with van der Waals surface area (Å²) in [5.41, 5.74) is 1.97. The van der Waals surface area contributed by atoms with Crippen LogP contribution in [0.2, 0.25) is 10.2 Å². The molecule has 0 unspecified atom stereocenters. The number of carbonyl (C=O) groups excluding carboxylic acids is 1. The Labute approximate surface area is 188 Å². The quantitative estimate of drug-likeness (QED) is 0.406. The summed E-state index contributed by atoms with van der Waals surface area (Å²) in [6.45, 7) is 1.80. The average molecular weight is 487 g/mol. The molecule has 168 valence electrons. The van der Waals surface area contributed by atoms with Crippen LogP contribution in [-0.4, -0.2) is 42.1 Å². The number of halogens is 5. The van der Waals surface area contributed by atoms with E-state index < -0.39 is 18.1 Å². The Hall–Kier alpha value is -2.76. The van der Waals surface area contributed by atoms with Crippen LogP contribution in [0, 0.1) is 0 Å². The van der Waals surface area contributed by atoms with Gasteiger partial charge in [0, 0.05) is 44.0 Å². The highest BCUT2D eigenvalue weighted by molar-refractivity contribution is 6.33. The number of fused-ring (bicyclic) bond motifs is 2. The average Bonchev–Trinajstić information content (AvgIpc) is 3.30. The predicted octanol–water partition coefficient (Wildman–Crippen LogP) is 4.16. The molecule has 8 nitrogen and oxygen atoms in total. The summed E-state index contributed by atoms with van der Waals surface area (Å²) in [4.78, 5) is 20.5. The van der Waals surface area contributed by atoms with E-state index in [0.29, 0.717) is 22.5 Å². The molecular formula is C19H15Cl2F3N6O2. The van der Waals surface area contributed by atoms with Crippen molar-refractivity contribution in [1.29, 1.82) is 0 Å². The van der Waals surface area contributed by atoms with Crippen molar-refractivity contribution in [1.82, 2.24) is 29.2 Å². The Bertz CT molecular complexity index is 1330. The van der Waals surface area contributed by atoms with Crippen molar-refractivity contribution in [3.8, 4) is 0 Å². The van der Waals surface area contributed by atoms with E-state index >= 15 is 0 Å². The molecule has 0 saturated heterocycles. The van der Waals surface area contributed by atoms with Crippen LogP contribution in [-0.2, 0) is 28.5 Å². The molecule has 4 rings (SSSR count). The third-order valence-corrected chi connectivity index (χ3v) is 5.26. The van der Waals surface area contributed by atoms with Crippen LogP contribution >= 0.6 is 23.2 Å². The molecule has 0 bridgehead atoms. The van der Waals surface area contributed by atoms with Crippen LogP contribution in [0.5, 0.6) is 0 Å². The zero-order chi connectivity index (χ0) is 23.2. The Balaban J connectivity index is 1.63. The van der Waals surface area contributed by atoms with Crippen LogP contribution in [0.1, 0.15) is 35.7 Å². The molecule has 4 aromatic rings. The molecule has 0 amide bonds. The van der Waals surface area contributed by atoms with E-state index in [1.54, 1.807) is 19.2 Å². The molecule has 1 atom stereocenters. The van der Waals surface area contributed by atoms with Gasteiger partial charge in [-0.15, -0.1) is 5.10 Å². The van der Waals surface area contributed by atoms with Crippen molar-refractivity contribution in [2.45, 2.75) is 32.0 Å². The summed E-state index contributed by atoms with van der Waals surface area (Å²) >= 11 is 12.1. The van der Waals surface area contributed by atoms with Crippen LogP contribution < -0.4 is 0 Å². The fraction of sp³-hybridized carbons (Fsp3) is 0.316. The number of nitrogens with zero attached hydrogens (tertiary/aromatic N) is 6. The first-order chi connectivity index (χ1) is 15.1. The van der Waals surface area contributed by atoms with Crippen molar-refractivity contribution in [2.75, 3.05) is 7.11 Å². The Morgan fingerprint density at radius 1 is 1.22 bits per heavy atom. The third kappa shape index (κ3) is 4.27. The van der Waals surface area contributed by atoms with E-state index in [4.69, 9.17) is 27.9 Å². The number of aromatic nitrogens is 6. The predicted molar refractivity (Wildman–Crippen MR) is 109 cm³/mol. The Morgan fingerprint density at radius 3 is 2.66 bits per heavy atom. The number of pyridine rings is 1. The molecule has 13 heteroatoms. The van der Waals surface area contributed by atoms with Gasteiger partial charge in [-0.05, 0) is 18.6 Å². The molecule has 0 fully saturated rings. The second-order valence-corrected chi connectivity index (χ2v) is 7.87. The first-order valence-corrected chi connectivity index (χ1v) is 10.0. The molecule has 0 aliphatic rings. The molecular weight excluding hydrogens is 472 g/mol. The minimum atomic E-state index is -4.71. The first kappa shape index (κ1) is 22.4. The minimum absolute atomic E-state index is 0.00966. The van der Waals surface area contributed by atoms with Crippen LogP contribution in [0.3, 0.4) is 0 Å². The smallest absolute Gasteiger partial charge is 0.375 e. The monoisotopic (exact) mass is 486 g/mol. The first-order valence-electron chi connectivity index (χ1n) is 9.26.